The molecule has 1 nitrogen and oxygen atoms in total. The normalized spacial score (nSPS) is 31.9. The predicted molar refractivity (Wildman–Crippen MR) is 68.2 cm³/mol. The van der Waals surface area contributed by atoms with Gasteiger partial charge in [-0.1, -0.05) is 49.3 Å². The van der Waals surface area contributed by atoms with Crippen LogP contribution >= 0.6 is 0 Å². The maximum atomic E-state index is 6.13. The lowest BCUT2D eigenvalue weighted by atomic mass is 9.59. The molecule has 16 heavy (non-hydrogen) atoms. The Labute approximate surface area is 97.4 Å². The van der Waals surface area contributed by atoms with Gasteiger partial charge in [-0.05, 0) is 29.9 Å². The smallest absolute Gasteiger partial charge is 0.0144 e. The first-order valence-corrected chi connectivity index (χ1v) is 6.34. The van der Waals surface area contributed by atoms with Gasteiger partial charge in [-0.3, -0.25) is 0 Å². The number of allylic oxidation sites excluding steroid dienone is 1. The van der Waals surface area contributed by atoms with Crippen LogP contribution in [0.15, 0.2) is 30.3 Å². The van der Waals surface area contributed by atoms with Crippen LogP contribution in [0.3, 0.4) is 0 Å². The molecule has 0 radical (unpaired) electrons. The summed E-state index contributed by atoms with van der Waals surface area (Å²) < 4.78 is 0. The highest BCUT2D eigenvalue weighted by Crippen LogP contribution is 2.47. The van der Waals surface area contributed by atoms with Crippen LogP contribution in [0.25, 0.3) is 6.08 Å². The Kier molecular flexibility index (Phi) is 2.36. The van der Waals surface area contributed by atoms with Gasteiger partial charge in [0.1, 0.15) is 0 Å². The number of nitrogens with two attached hydrogens (primary N) is 1. The molecular formula is C15H19N. The maximum Gasteiger partial charge on any atom is 0.0144 e. The van der Waals surface area contributed by atoms with Crippen molar-refractivity contribution in [1.82, 2.24) is 0 Å². The second-order valence-electron chi connectivity index (χ2n) is 5.16. The fourth-order valence-corrected chi connectivity index (χ4v) is 3.56. The second-order valence-corrected chi connectivity index (χ2v) is 5.16. The summed E-state index contributed by atoms with van der Waals surface area (Å²) >= 11 is 0. The summed E-state index contributed by atoms with van der Waals surface area (Å²) in [6.45, 7) is 0.791. The molecule has 0 aliphatic heterocycles. The molecule has 2 N–H and O–H groups in total. The number of rotatable bonds is 1. The lowest BCUT2D eigenvalue weighted by Gasteiger charge is -2.45. The van der Waals surface area contributed by atoms with Crippen LogP contribution in [-0.4, -0.2) is 6.54 Å². The van der Waals surface area contributed by atoms with E-state index in [0.29, 0.717) is 5.92 Å². The molecule has 1 heteroatoms. The lowest BCUT2D eigenvalue weighted by Crippen LogP contribution is -2.45. The highest BCUT2D eigenvalue weighted by Gasteiger charge is 2.42. The zero-order chi connectivity index (χ0) is 11.0. The molecule has 2 aliphatic rings. The van der Waals surface area contributed by atoms with Gasteiger partial charge in [-0.15, -0.1) is 0 Å². The molecule has 0 saturated heterocycles. The highest BCUT2D eigenvalue weighted by molar-refractivity contribution is 5.60. The molecule has 2 unspecified atom stereocenters. The van der Waals surface area contributed by atoms with Crippen LogP contribution in [0.4, 0.5) is 0 Å². The summed E-state index contributed by atoms with van der Waals surface area (Å²) in [6.07, 6.45) is 9.94. The van der Waals surface area contributed by atoms with E-state index in [9.17, 15) is 0 Å². The Balaban J connectivity index is 2.15. The van der Waals surface area contributed by atoms with Crippen molar-refractivity contribution in [1.29, 1.82) is 0 Å². The SMILES string of the molecule is NCC12CCCCC1C=Cc1ccccc12. The summed E-state index contributed by atoms with van der Waals surface area (Å²) in [4.78, 5) is 0. The minimum absolute atomic E-state index is 0.240. The van der Waals surface area contributed by atoms with E-state index in [1.54, 1.807) is 0 Å². The monoisotopic (exact) mass is 213 g/mol. The summed E-state index contributed by atoms with van der Waals surface area (Å²) in [6, 6.07) is 8.77. The van der Waals surface area contributed by atoms with Crippen molar-refractivity contribution in [3.8, 4) is 0 Å². The van der Waals surface area contributed by atoms with Gasteiger partial charge in [0.25, 0.3) is 0 Å². The van der Waals surface area contributed by atoms with Crippen molar-refractivity contribution in [2.45, 2.75) is 31.1 Å². The minimum atomic E-state index is 0.240. The third kappa shape index (κ3) is 1.28. The molecule has 1 aromatic rings. The van der Waals surface area contributed by atoms with Gasteiger partial charge in [0, 0.05) is 12.0 Å². The number of hydrogen-bond acceptors (Lipinski definition) is 1. The molecule has 3 rings (SSSR count). The maximum absolute atomic E-state index is 6.13. The van der Waals surface area contributed by atoms with E-state index in [4.69, 9.17) is 5.73 Å². The fourth-order valence-electron chi connectivity index (χ4n) is 3.56. The van der Waals surface area contributed by atoms with Crippen molar-refractivity contribution >= 4 is 6.08 Å². The Morgan fingerprint density at radius 3 is 3.00 bits per heavy atom. The fraction of sp³-hybridized carbons (Fsp3) is 0.467. The zero-order valence-electron chi connectivity index (χ0n) is 9.65. The third-order valence-electron chi connectivity index (χ3n) is 4.47. The molecule has 1 saturated carbocycles. The molecule has 0 aromatic heterocycles. The number of fused-ring (bicyclic) bond motifs is 3. The van der Waals surface area contributed by atoms with Gasteiger partial charge in [0.2, 0.25) is 0 Å². The second kappa shape index (κ2) is 3.74. The molecule has 0 bridgehead atoms. The number of hydrogen-bond donors (Lipinski definition) is 1. The zero-order valence-corrected chi connectivity index (χ0v) is 9.65. The molecule has 0 spiro atoms. The molecule has 0 heterocycles. The molecule has 2 aliphatic carbocycles. The quantitative estimate of drug-likeness (QED) is 0.762. The Hall–Kier alpha value is -1.08. The average Bonchev–Trinajstić information content (AvgIpc) is 2.38. The Morgan fingerprint density at radius 2 is 2.12 bits per heavy atom. The average molecular weight is 213 g/mol. The summed E-state index contributed by atoms with van der Waals surface area (Å²) in [5.41, 5.74) is 9.24. The Morgan fingerprint density at radius 1 is 1.25 bits per heavy atom. The first kappa shape index (κ1) is 10.1. The summed E-state index contributed by atoms with van der Waals surface area (Å²) in [5.74, 6) is 0.668. The molecule has 1 aromatic carbocycles. The van der Waals surface area contributed by atoms with Crippen molar-refractivity contribution in [3.63, 3.8) is 0 Å². The summed E-state index contributed by atoms with van der Waals surface area (Å²) in [7, 11) is 0. The largest absolute Gasteiger partial charge is 0.330 e. The van der Waals surface area contributed by atoms with Crippen LogP contribution in [-0.2, 0) is 5.41 Å². The van der Waals surface area contributed by atoms with E-state index >= 15 is 0 Å². The third-order valence-corrected chi connectivity index (χ3v) is 4.47. The van der Waals surface area contributed by atoms with E-state index in [1.807, 2.05) is 0 Å². The molecule has 0 amide bonds. The Bertz CT molecular complexity index is 421. The van der Waals surface area contributed by atoms with Gasteiger partial charge in [-0.25, -0.2) is 0 Å². The summed E-state index contributed by atoms with van der Waals surface area (Å²) in [5, 5.41) is 0. The van der Waals surface area contributed by atoms with Crippen LogP contribution in [0.1, 0.15) is 36.8 Å². The van der Waals surface area contributed by atoms with Gasteiger partial charge in [-0.2, -0.15) is 0 Å². The van der Waals surface area contributed by atoms with Crippen molar-refractivity contribution in [2.75, 3.05) is 6.54 Å². The molecule has 84 valence electrons. The standard InChI is InChI=1S/C15H19N/c16-11-15-10-4-3-6-13(15)9-8-12-5-1-2-7-14(12)15/h1-2,5,7-9,13H,3-4,6,10-11,16H2. The van der Waals surface area contributed by atoms with Crippen LogP contribution in [0.5, 0.6) is 0 Å². The molecule has 2 atom stereocenters. The van der Waals surface area contributed by atoms with Gasteiger partial charge in [0.05, 0.1) is 0 Å². The van der Waals surface area contributed by atoms with Crippen LogP contribution in [0.2, 0.25) is 0 Å². The van der Waals surface area contributed by atoms with E-state index in [0.717, 1.165) is 6.54 Å². The first-order valence-electron chi connectivity index (χ1n) is 6.34. The van der Waals surface area contributed by atoms with Crippen LogP contribution in [0, 0.1) is 5.92 Å². The number of benzene rings is 1. The minimum Gasteiger partial charge on any atom is -0.330 e. The van der Waals surface area contributed by atoms with E-state index in [1.165, 1.54) is 36.8 Å². The van der Waals surface area contributed by atoms with Crippen molar-refractivity contribution in [2.24, 2.45) is 11.7 Å². The topological polar surface area (TPSA) is 26.0 Å². The van der Waals surface area contributed by atoms with Gasteiger partial charge in [0.15, 0.2) is 0 Å². The lowest BCUT2D eigenvalue weighted by molar-refractivity contribution is 0.229. The van der Waals surface area contributed by atoms with E-state index < -0.39 is 0 Å². The van der Waals surface area contributed by atoms with Crippen LogP contribution < -0.4 is 5.73 Å². The molecular weight excluding hydrogens is 194 g/mol. The van der Waals surface area contributed by atoms with E-state index in [2.05, 4.69) is 36.4 Å². The highest BCUT2D eigenvalue weighted by atomic mass is 14.6. The van der Waals surface area contributed by atoms with E-state index in [-0.39, 0.29) is 5.41 Å². The molecule has 1 fully saturated rings. The first-order chi connectivity index (χ1) is 7.87. The van der Waals surface area contributed by atoms with Crippen molar-refractivity contribution < 1.29 is 0 Å². The van der Waals surface area contributed by atoms with Gasteiger partial charge < -0.3 is 5.73 Å². The van der Waals surface area contributed by atoms with Gasteiger partial charge >= 0.3 is 0 Å². The predicted octanol–water partition coefficient (Wildman–Crippen LogP) is 3.10. The van der Waals surface area contributed by atoms with Crippen molar-refractivity contribution in [3.05, 3.63) is 41.5 Å².